The third kappa shape index (κ3) is 3.69. The fraction of sp³-hybridized carbons (Fsp3) is 0.182. The molecule has 1 aromatic rings. The predicted molar refractivity (Wildman–Crippen MR) is 58.2 cm³/mol. The zero-order valence-corrected chi connectivity index (χ0v) is 9.08. The van der Waals surface area contributed by atoms with Crippen LogP contribution in [-0.2, 0) is 4.79 Å². The Balaban J connectivity index is 2.78. The number of rotatable bonds is 4. The summed E-state index contributed by atoms with van der Waals surface area (Å²) in [5.41, 5.74) is 2.34. The maximum Gasteiger partial charge on any atom is 0.268 e. The molecular weight excluding hydrogens is 224 g/mol. The van der Waals surface area contributed by atoms with Crippen LogP contribution in [0.3, 0.4) is 0 Å². The van der Waals surface area contributed by atoms with Crippen molar-refractivity contribution >= 4 is 18.1 Å². The van der Waals surface area contributed by atoms with Crippen LogP contribution in [0.5, 0.6) is 0 Å². The van der Waals surface area contributed by atoms with Crippen LogP contribution in [0.15, 0.2) is 29.4 Å². The molecule has 1 amide bonds. The number of benzene rings is 1. The second kappa shape index (κ2) is 5.76. The normalized spacial score (nSPS) is 12.4. The Morgan fingerprint density at radius 1 is 1.47 bits per heavy atom. The highest BCUT2D eigenvalue weighted by molar-refractivity contribution is 5.97. The van der Waals surface area contributed by atoms with Gasteiger partial charge in [0.2, 0.25) is 0 Å². The molecule has 1 atom stereocenters. The second-order valence-corrected chi connectivity index (χ2v) is 3.28. The summed E-state index contributed by atoms with van der Waals surface area (Å²) in [6.07, 6.45) is -0.00525. The van der Waals surface area contributed by atoms with E-state index in [1.54, 1.807) is 12.1 Å². The van der Waals surface area contributed by atoms with Gasteiger partial charge in [0.05, 0.1) is 12.2 Å². The van der Waals surface area contributed by atoms with Crippen molar-refractivity contribution in [3.8, 4) is 0 Å². The molecule has 0 aliphatic rings. The molecule has 0 unspecified atom stereocenters. The fourth-order valence-corrected chi connectivity index (χ4v) is 1.05. The smallest absolute Gasteiger partial charge is 0.268 e. The number of amides is 1. The first kappa shape index (κ1) is 12.9. The number of nitrogens with one attached hydrogen (secondary N) is 1. The molecule has 0 saturated carbocycles. The van der Waals surface area contributed by atoms with E-state index < -0.39 is 18.0 Å². The lowest BCUT2D eigenvalue weighted by molar-refractivity contribution is -0.255. The van der Waals surface area contributed by atoms with Crippen LogP contribution in [0.4, 0.5) is 0 Å². The first-order chi connectivity index (χ1) is 8.02. The molecule has 2 N–H and O–H groups in total. The van der Waals surface area contributed by atoms with E-state index in [1.165, 1.54) is 25.3 Å². The fourth-order valence-electron chi connectivity index (χ4n) is 1.05. The molecule has 90 valence electrons. The number of nitrogens with zero attached hydrogens (tertiary/aromatic N) is 1. The number of carboxylic acids is 1. The summed E-state index contributed by atoms with van der Waals surface area (Å²) in [6.45, 7) is 1.29. The van der Waals surface area contributed by atoms with Crippen LogP contribution in [0.25, 0.3) is 0 Å². The van der Waals surface area contributed by atoms with Gasteiger partial charge in [-0.2, -0.15) is 5.10 Å². The van der Waals surface area contributed by atoms with Gasteiger partial charge in [0.1, 0.15) is 6.10 Å². The minimum atomic E-state index is -1.33. The Hall–Kier alpha value is -2.21. The van der Waals surface area contributed by atoms with Gasteiger partial charge in [-0.15, -0.1) is 0 Å². The molecule has 0 aromatic heterocycles. The quantitative estimate of drug-likeness (QED) is 0.509. The van der Waals surface area contributed by atoms with Gasteiger partial charge < -0.3 is 15.0 Å². The molecule has 0 heterocycles. The van der Waals surface area contributed by atoms with Gasteiger partial charge in [0, 0.05) is 11.1 Å². The number of hydrogen-bond donors (Lipinski definition) is 2. The Labute approximate surface area is 97.6 Å². The van der Waals surface area contributed by atoms with E-state index in [2.05, 4.69) is 10.5 Å². The number of carbonyl (C=O) groups is 2. The summed E-state index contributed by atoms with van der Waals surface area (Å²) < 4.78 is 0. The summed E-state index contributed by atoms with van der Waals surface area (Å²) in [7, 11) is 0. The highest BCUT2D eigenvalue weighted by atomic mass is 16.4. The second-order valence-electron chi connectivity index (χ2n) is 3.28. The number of hydrogen-bond acceptors (Lipinski definition) is 5. The van der Waals surface area contributed by atoms with Crippen LogP contribution in [0.1, 0.15) is 22.8 Å². The van der Waals surface area contributed by atoms with Gasteiger partial charge in [-0.3, -0.25) is 4.79 Å². The lowest BCUT2D eigenvalue weighted by atomic mass is 10.1. The van der Waals surface area contributed by atoms with Gasteiger partial charge in [-0.05, 0) is 6.92 Å². The summed E-state index contributed by atoms with van der Waals surface area (Å²) in [4.78, 5) is 21.7. The van der Waals surface area contributed by atoms with Crippen LogP contribution in [0.2, 0.25) is 0 Å². The standard InChI is InChI=1S/C11H12N2O4/c1-7(14)10(15)13-12-6-8-4-2-3-5-9(8)11(16)17/h2-7,14H,1H3,(H,13,15)(H,16,17)/p-1/b12-6-/t7-/m0/s1. The lowest BCUT2D eigenvalue weighted by Crippen LogP contribution is -2.29. The lowest BCUT2D eigenvalue weighted by Gasteiger charge is -2.06. The molecule has 0 aliphatic heterocycles. The first-order valence-electron chi connectivity index (χ1n) is 4.83. The molecule has 0 bridgehead atoms. The van der Waals surface area contributed by atoms with E-state index >= 15 is 0 Å². The van der Waals surface area contributed by atoms with E-state index in [1.807, 2.05) is 0 Å². The molecule has 6 nitrogen and oxygen atoms in total. The Morgan fingerprint density at radius 2 is 2.12 bits per heavy atom. The summed E-state index contributed by atoms with van der Waals surface area (Å²) in [5.74, 6) is -2.00. The maximum atomic E-state index is 10.9. The number of carboxylic acid groups (broad SMARTS) is 1. The molecule has 0 saturated heterocycles. The van der Waals surface area contributed by atoms with E-state index in [9.17, 15) is 14.7 Å². The molecule has 0 aliphatic carbocycles. The molecule has 0 spiro atoms. The minimum absolute atomic E-state index is 0.0254. The van der Waals surface area contributed by atoms with E-state index in [0.29, 0.717) is 5.56 Å². The van der Waals surface area contributed by atoms with Crippen molar-refractivity contribution in [1.29, 1.82) is 0 Å². The molecule has 17 heavy (non-hydrogen) atoms. The monoisotopic (exact) mass is 235 g/mol. The number of carbonyl (C=O) groups excluding carboxylic acids is 2. The van der Waals surface area contributed by atoms with Crippen LogP contribution < -0.4 is 10.5 Å². The highest BCUT2D eigenvalue weighted by Crippen LogP contribution is 2.04. The molecule has 1 aromatic carbocycles. The summed E-state index contributed by atoms with van der Waals surface area (Å²) >= 11 is 0. The largest absolute Gasteiger partial charge is 0.545 e. The molecule has 0 fully saturated rings. The van der Waals surface area contributed by atoms with Crippen molar-refractivity contribution in [2.75, 3.05) is 0 Å². The number of aliphatic hydroxyl groups is 1. The van der Waals surface area contributed by atoms with Crippen molar-refractivity contribution in [3.63, 3.8) is 0 Å². The average molecular weight is 235 g/mol. The van der Waals surface area contributed by atoms with Crippen molar-refractivity contribution in [2.45, 2.75) is 13.0 Å². The maximum absolute atomic E-state index is 10.9. The van der Waals surface area contributed by atoms with E-state index in [0.717, 1.165) is 0 Å². The summed E-state index contributed by atoms with van der Waals surface area (Å²) in [5, 5.41) is 23.1. The topological polar surface area (TPSA) is 102 Å². The predicted octanol–water partition coefficient (Wildman–Crippen LogP) is -1.12. The van der Waals surface area contributed by atoms with Crippen molar-refractivity contribution in [1.82, 2.24) is 5.43 Å². The summed E-state index contributed by atoms with van der Waals surface area (Å²) in [6, 6.07) is 6.07. The average Bonchev–Trinajstić information content (AvgIpc) is 2.29. The molecular formula is C11H11N2O4-. The SMILES string of the molecule is C[C@H](O)C(=O)N/N=C\c1ccccc1C(=O)[O-]. The zero-order valence-electron chi connectivity index (χ0n) is 9.08. The Morgan fingerprint density at radius 3 is 2.71 bits per heavy atom. The number of hydrazone groups is 1. The number of aliphatic hydroxyl groups excluding tert-OH is 1. The minimum Gasteiger partial charge on any atom is -0.545 e. The number of aromatic carboxylic acids is 1. The van der Waals surface area contributed by atoms with Crippen molar-refractivity contribution in [2.24, 2.45) is 5.10 Å². The van der Waals surface area contributed by atoms with Gasteiger partial charge >= 0.3 is 0 Å². The molecule has 0 radical (unpaired) electrons. The van der Waals surface area contributed by atoms with E-state index in [4.69, 9.17) is 5.11 Å². The molecule has 6 heteroatoms. The third-order valence-electron chi connectivity index (χ3n) is 1.94. The van der Waals surface area contributed by atoms with Crippen molar-refractivity contribution < 1.29 is 19.8 Å². The van der Waals surface area contributed by atoms with E-state index in [-0.39, 0.29) is 5.56 Å². The third-order valence-corrected chi connectivity index (χ3v) is 1.94. The van der Waals surface area contributed by atoms with Crippen LogP contribution in [-0.4, -0.2) is 29.3 Å². The van der Waals surface area contributed by atoms with Gasteiger partial charge in [-0.25, -0.2) is 5.43 Å². The zero-order chi connectivity index (χ0) is 12.8. The highest BCUT2D eigenvalue weighted by Gasteiger charge is 2.06. The van der Waals surface area contributed by atoms with Crippen LogP contribution >= 0.6 is 0 Å². The Bertz CT molecular complexity index is 455. The van der Waals surface area contributed by atoms with Gasteiger partial charge in [0.15, 0.2) is 0 Å². The van der Waals surface area contributed by atoms with Gasteiger partial charge in [0.25, 0.3) is 5.91 Å². The Kier molecular flexibility index (Phi) is 4.36. The molecule has 1 rings (SSSR count). The van der Waals surface area contributed by atoms with Gasteiger partial charge in [-0.1, -0.05) is 24.3 Å². The van der Waals surface area contributed by atoms with Crippen molar-refractivity contribution in [3.05, 3.63) is 35.4 Å². The van der Waals surface area contributed by atoms with Crippen LogP contribution in [0, 0.1) is 0 Å². The first-order valence-corrected chi connectivity index (χ1v) is 4.83.